The molecule has 2 aromatic rings. The van der Waals surface area contributed by atoms with E-state index in [9.17, 15) is 20.0 Å². The SMILES string of the molecule is O=C(O)c1cccc(C=Nc2ccccc2[N+](=O)[O-])c1O. The van der Waals surface area contributed by atoms with Crippen LogP contribution in [0.2, 0.25) is 0 Å². The number of nitrogens with zero attached hydrogens (tertiary/aromatic N) is 2. The van der Waals surface area contributed by atoms with Gasteiger partial charge in [0.25, 0.3) is 5.69 Å². The van der Waals surface area contributed by atoms with Gasteiger partial charge in [-0.15, -0.1) is 0 Å². The molecular formula is C14H10N2O5. The normalized spacial score (nSPS) is 10.7. The number of aromatic hydroxyl groups is 1. The molecule has 0 aromatic heterocycles. The molecule has 0 saturated carbocycles. The molecule has 106 valence electrons. The maximum Gasteiger partial charge on any atom is 0.339 e. The summed E-state index contributed by atoms with van der Waals surface area (Å²) >= 11 is 0. The van der Waals surface area contributed by atoms with Crippen LogP contribution in [0.5, 0.6) is 5.75 Å². The van der Waals surface area contributed by atoms with Crippen molar-refractivity contribution in [3.63, 3.8) is 0 Å². The molecule has 0 fully saturated rings. The second kappa shape index (κ2) is 5.83. The number of rotatable bonds is 4. The van der Waals surface area contributed by atoms with E-state index in [2.05, 4.69) is 4.99 Å². The highest BCUT2D eigenvalue weighted by Gasteiger charge is 2.13. The van der Waals surface area contributed by atoms with Gasteiger partial charge in [0.15, 0.2) is 0 Å². The Morgan fingerprint density at radius 3 is 2.57 bits per heavy atom. The highest BCUT2D eigenvalue weighted by atomic mass is 16.6. The summed E-state index contributed by atoms with van der Waals surface area (Å²) < 4.78 is 0. The minimum absolute atomic E-state index is 0.114. The average Bonchev–Trinajstić information content (AvgIpc) is 2.46. The third-order valence-electron chi connectivity index (χ3n) is 2.72. The summed E-state index contributed by atoms with van der Waals surface area (Å²) in [5.41, 5.74) is -0.167. The topological polar surface area (TPSA) is 113 Å². The van der Waals surface area contributed by atoms with Gasteiger partial charge in [-0.2, -0.15) is 0 Å². The van der Waals surface area contributed by atoms with Crippen molar-refractivity contribution in [2.45, 2.75) is 0 Å². The van der Waals surface area contributed by atoms with Gasteiger partial charge in [-0.05, 0) is 18.2 Å². The minimum Gasteiger partial charge on any atom is -0.506 e. The van der Waals surface area contributed by atoms with Crippen molar-refractivity contribution in [1.82, 2.24) is 0 Å². The Labute approximate surface area is 119 Å². The standard InChI is InChI=1S/C14H10N2O5/c17-13-9(4-3-5-10(13)14(18)19)8-15-11-6-1-2-7-12(11)16(20)21/h1-8,17H,(H,18,19). The Morgan fingerprint density at radius 1 is 1.19 bits per heavy atom. The third-order valence-corrected chi connectivity index (χ3v) is 2.72. The lowest BCUT2D eigenvalue weighted by Gasteiger charge is -2.02. The first kappa shape index (κ1) is 14.2. The van der Waals surface area contributed by atoms with Crippen molar-refractivity contribution in [1.29, 1.82) is 0 Å². The second-order valence-electron chi connectivity index (χ2n) is 4.05. The van der Waals surface area contributed by atoms with Gasteiger partial charge < -0.3 is 10.2 Å². The number of hydrogen-bond acceptors (Lipinski definition) is 5. The Kier molecular flexibility index (Phi) is 3.94. The summed E-state index contributed by atoms with van der Waals surface area (Å²) in [7, 11) is 0. The first-order valence-electron chi connectivity index (χ1n) is 5.83. The molecule has 2 aromatic carbocycles. The summed E-state index contributed by atoms with van der Waals surface area (Å²) in [4.78, 5) is 25.1. The van der Waals surface area contributed by atoms with Crippen molar-refractivity contribution < 1.29 is 19.9 Å². The van der Waals surface area contributed by atoms with Crippen LogP contribution in [0.25, 0.3) is 0 Å². The predicted octanol–water partition coefficient (Wildman–Crippen LogP) is 2.75. The molecule has 0 unspecified atom stereocenters. The molecule has 0 spiro atoms. The van der Waals surface area contributed by atoms with E-state index < -0.39 is 16.6 Å². The van der Waals surface area contributed by atoms with Gasteiger partial charge in [0.1, 0.15) is 17.0 Å². The van der Waals surface area contributed by atoms with Gasteiger partial charge in [-0.25, -0.2) is 9.79 Å². The van der Waals surface area contributed by atoms with E-state index in [0.29, 0.717) is 0 Å². The number of aliphatic imine (C=N–C) groups is 1. The number of para-hydroxylation sites is 3. The van der Waals surface area contributed by atoms with Crippen LogP contribution in [0.4, 0.5) is 11.4 Å². The molecule has 0 aliphatic carbocycles. The first-order chi connectivity index (χ1) is 10.0. The van der Waals surface area contributed by atoms with E-state index in [-0.39, 0.29) is 22.5 Å². The lowest BCUT2D eigenvalue weighted by Crippen LogP contribution is -1.98. The zero-order chi connectivity index (χ0) is 15.4. The van der Waals surface area contributed by atoms with Crippen LogP contribution in [0.1, 0.15) is 15.9 Å². The predicted molar refractivity (Wildman–Crippen MR) is 75.4 cm³/mol. The lowest BCUT2D eigenvalue weighted by atomic mass is 10.1. The molecular weight excluding hydrogens is 276 g/mol. The van der Waals surface area contributed by atoms with Gasteiger partial charge in [-0.3, -0.25) is 10.1 Å². The van der Waals surface area contributed by atoms with Crippen molar-refractivity contribution >= 4 is 23.6 Å². The Hall–Kier alpha value is -3.22. The molecule has 0 bridgehead atoms. The van der Waals surface area contributed by atoms with E-state index in [1.807, 2.05) is 0 Å². The minimum atomic E-state index is -1.27. The fraction of sp³-hybridized carbons (Fsp3) is 0. The molecule has 2 N–H and O–H groups in total. The van der Waals surface area contributed by atoms with E-state index >= 15 is 0 Å². The number of nitro benzene ring substituents is 1. The van der Waals surface area contributed by atoms with Gasteiger partial charge >= 0.3 is 5.97 Å². The molecule has 0 heterocycles. The molecule has 7 nitrogen and oxygen atoms in total. The van der Waals surface area contributed by atoms with Crippen LogP contribution >= 0.6 is 0 Å². The van der Waals surface area contributed by atoms with Gasteiger partial charge in [0.05, 0.1) is 4.92 Å². The molecule has 0 aliphatic rings. The second-order valence-corrected chi connectivity index (χ2v) is 4.05. The lowest BCUT2D eigenvalue weighted by molar-refractivity contribution is -0.384. The zero-order valence-corrected chi connectivity index (χ0v) is 10.6. The van der Waals surface area contributed by atoms with Crippen LogP contribution in [0.3, 0.4) is 0 Å². The molecule has 0 amide bonds. The molecule has 0 saturated heterocycles. The summed E-state index contributed by atoms with van der Waals surface area (Å²) in [5, 5.41) is 29.6. The van der Waals surface area contributed by atoms with E-state index in [1.165, 1.54) is 42.6 Å². The van der Waals surface area contributed by atoms with Gasteiger partial charge in [0, 0.05) is 17.8 Å². The molecule has 21 heavy (non-hydrogen) atoms. The molecule has 7 heteroatoms. The Morgan fingerprint density at radius 2 is 1.90 bits per heavy atom. The number of aromatic carboxylic acids is 1. The van der Waals surface area contributed by atoms with Crippen LogP contribution in [0.15, 0.2) is 47.5 Å². The van der Waals surface area contributed by atoms with Crippen LogP contribution in [0, 0.1) is 10.1 Å². The summed E-state index contributed by atoms with van der Waals surface area (Å²) in [6.45, 7) is 0. The molecule has 2 rings (SSSR count). The quantitative estimate of drug-likeness (QED) is 0.509. The summed E-state index contributed by atoms with van der Waals surface area (Å²) in [5.74, 6) is -1.71. The number of carbonyl (C=O) groups is 1. The monoisotopic (exact) mass is 286 g/mol. The van der Waals surface area contributed by atoms with Crippen LogP contribution in [-0.2, 0) is 0 Å². The van der Waals surface area contributed by atoms with Gasteiger partial charge in [0.2, 0.25) is 0 Å². The maximum absolute atomic E-state index is 10.9. The summed E-state index contributed by atoms with van der Waals surface area (Å²) in [6, 6.07) is 10.0. The number of benzene rings is 2. The van der Waals surface area contributed by atoms with Gasteiger partial charge in [-0.1, -0.05) is 18.2 Å². The van der Waals surface area contributed by atoms with Crippen LogP contribution in [-0.4, -0.2) is 27.3 Å². The fourth-order valence-corrected chi connectivity index (χ4v) is 1.70. The molecule has 0 atom stereocenters. The molecule has 0 radical (unpaired) electrons. The maximum atomic E-state index is 10.9. The Balaban J connectivity index is 2.41. The number of phenols is 1. The summed E-state index contributed by atoms with van der Waals surface area (Å²) in [6.07, 6.45) is 1.18. The number of hydrogen-bond donors (Lipinski definition) is 2. The third kappa shape index (κ3) is 3.03. The van der Waals surface area contributed by atoms with Crippen molar-refractivity contribution in [3.05, 3.63) is 63.7 Å². The average molecular weight is 286 g/mol. The van der Waals surface area contributed by atoms with E-state index in [1.54, 1.807) is 6.07 Å². The van der Waals surface area contributed by atoms with Crippen molar-refractivity contribution in [3.8, 4) is 5.75 Å². The number of carboxylic acid groups (broad SMARTS) is 1. The fourth-order valence-electron chi connectivity index (χ4n) is 1.70. The highest BCUT2D eigenvalue weighted by Crippen LogP contribution is 2.27. The van der Waals surface area contributed by atoms with E-state index in [0.717, 1.165) is 0 Å². The molecule has 0 aliphatic heterocycles. The number of carboxylic acids is 1. The zero-order valence-electron chi connectivity index (χ0n) is 10.6. The van der Waals surface area contributed by atoms with Crippen molar-refractivity contribution in [2.24, 2.45) is 4.99 Å². The van der Waals surface area contributed by atoms with Crippen molar-refractivity contribution in [2.75, 3.05) is 0 Å². The van der Waals surface area contributed by atoms with E-state index in [4.69, 9.17) is 5.11 Å². The highest BCUT2D eigenvalue weighted by molar-refractivity contribution is 5.96. The van der Waals surface area contributed by atoms with Crippen LogP contribution < -0.4 is 0 Å². The number of nitro groups is 1. The smallest absolute Gasteiger partial charge is 0.339 e. The largest absolute Gasteiger partial charge is 0.506 e. The Bertz CT molecular complexity index is 740. The first-order valence-corrected chi connectivity index (χ1v) is 5.83.